The molecule has 0 radical (unpaired) electrons. The second kappa shape index (κ2) is 7.81. The number of aromatic nitrogens is 1. The number of nitriles is 1. The molecule has 9 nitrogen and oxygen atoms in total. The molecule has 0 saturated carbocycles. The largest absolute Gasteiger partial charge is 0.497 e. The maximum Gasteiger partial charge on any atom is 0.332 e. The fourth-order valence-corrected chi connectivity index (χ4v) is 5.67. The minimum Gasteiger partial charge on any atom is -0.497 e. The molecule has 3 fully saturated rings. The highest BCUT2D eigenvalue weighted by Crippen LogP contribution is 2.43. The number of nitrogens with zero attached hydrogens (tertiary/aromatic N) is 5. The first-order chi connectivity index (χ1) is 17.0. The topological polar surface area (TPSA) is 107 Å². The van der Waals surface area contributed by atoms with E-state index < -0.39 is 12.1 Å². The number of likely N-dealkylation sites (tertiary alicyclic amines) is 1. The van der Waals surface area contributed by atoms with Crippen LogP contribution in [0.3, 0.4) is 0 Å². The highest BCUT2D eigenvalue weighted by atomic mass is 16.5. The first kappa shape index (κ1) is 21.1. The zero-order valence-electron chi connectivity index (χ0n) is 18.9. The van der Waals surface area contributed by atoms with Crippen molar-refractivity contribution in [2.45, 2.75) is 31.0 Å². The van der Waals surface area contributed by atoms with Crippen molar-refractivity contribution in [3.05, 3.63) is 66.0 Å². The molecule has 0 spiro atoms. The Kier molecular flexibility index (Phi) is 4.71. The summed E-state index contributed by atoms with van der Waals surface area (Å²) in [6.45, 7) is 0.406. The quantitative estimate of drug-likeness (QED) is 0.546. The number of rotatable bonds is 4. The van der Waals surface area contributed by atoms with Gasteiger partial charge in [-0.3, -0.25) is 9.59 Å². The molecule has 3 aliphatic heterocycles. The summed E-state index contributed by atoms with van der Waals surface area (Å²) in [7, 11) is 1.58. The van der Waals surface area contributed by atoms with Crippen molar-refractivity contribution in [2.75, 3.05) is 18.6 Å². The number of pyridine rings is 1. The Hall–Kier alpha value is -4.45. The summed E-state index contributed by atoms with van der Waals surface area (Å²) in [5.74, 6) is 0.243. The van der Waals surface area contributed by atoms with Crippen LogP contribution in [-0.2, 0) is 16.0 Å². The maximum absolute atomic E-state index is 13.6. The van der Waals surface area contributed by atoms with Gasteiger partial charge in [-0.05, 0) is 24.1 Å². The molecule has 9 heteroatoms. The maximum atomic E-state index is 13.6. The van der Waals surface area contributed by atoms with Gasteiger partial charge in [0.15, 0.2) is 0 Å². The molecule has 1 aromatic heterocycles. The highest BCUT2D eigenvalue weighted by molar-refractivity contribution is 6.25. The van der Waals surface area contributed by atoms with Gasteiger partial charge in [-0.2, -0.15) is 5.26 Å². The molecule has 0 aliphatic carbocycles. The van der Waals surface area contributed by atoms with Gasteiger partial charge in [0, 0.05) is 17.3 Å². The van der Waals surface area contributed by atoms with E-state index in [9.17, 15) is 19.6 Å². The van der Waals surface area contributed by atoms with Crippen LogP contribution < -0.4 is 9.64 Å². The van der Waals surface area contributed by atoms with E-state index in [1.54, 1.807) is 41.2 Å². The average molecular weight is 467 g/mol. The minimum absolute atomic E-state index is 0.0745. The van der Waals surface area contributed by atoms with E-state index in [1.165, 1.54) is 6.20 Å². The van der Waals surface area contributed by atoms with Crippen molar-refractivity contribution >= 4 is 34.3 Å². The SMILES string of the molecule is COc1cccc(CC(=O)N2C[C@@H]3C[C@H]2[C@H]2C(=O)N(c4cnc(C#N)c5ccccc45)C(=O)N32)c1. The van der Waals surface area contributed by atoms with Crippen molar-refractivity contribution in [1.29, 1.82) is 5.26 Å². The van der Waals surface area contributed by atoms with Crippen LogP contribution in [0.15, 0.2) is 54.7 Å². The summed E-state index contributed by atoms with van der Waals surface area (Å²) < 4.78 is 5.25. The lowest BCUT2D eigenvalue weighted by Crippen LogP contribution is -2.55. The molecular weight excluding hydrogens is 446 g/mol. The van der Waals surface area contributed by atoms with Crippen LogP contribution in [0.1, 0.15) is 17.7 Å². The van der Waals surface area contributed by atoms with E-state index in [0.717, 1.165) is 10.5 Å². The summed E-state index contributed by atoms with van der Waals surface area (Å²) in [6.07, 6.45) is 2.20. The Bertz CT molecular complexity index is 1450. The number of anilines is 1. The van der Waals surface area contributed by atoms with E-state index in [-0.39, 0.29) is 36.0 Å². The van der Waals surface area contributed by atoms with Crippen LogP contribution in [0.25, 0.3) is 10.8 Å². The van der Waals surface area contributed by atoms with Crippen LogP contribution in [0.5, 0.6) is 5.75 Å². The lowest BCUT2D eigenvalue weighted by molar-refractivity contribution is -0.135. The normalized spacial score (nSPS) is 22.6. The van der Waals surface area contributed by atoms with Gasteiger partial charge in [0.25, 0.3) is 5.91 Å². The third-order valence-electron chi connectivity index (χ3n) is 7.20. The second-order valence-electron chi connectivity index (χ2n) is 8.99. The molecule has 6 rings (SSSR count). The van der Waals surface area contributed by atoms with Crippen LogP contribution in [0.2, 0.25) is 0 Å². The summed E-state index contributed by atoms with van der Waals surface area (Å²) in [5, 5.41) is 10.6. The zero-order valence-corrected chi connectivity index (χ0v) is 18.9. The third kappa shape index (κ3) is 3.06. The summed E-state index contributed by atoms with van der Waals surface area (Å²) in [4.78, 5) is 49.0. The smallest absolute Gasteiger partial charge is 0.332 e. The Morgan fingerprint density at radius 2 is 1.97 bits per heavy atom. The monoisotopic (exact) mass is 467 g/mol. The Morgan fingerprint density at radius 1 is 1.17 bits per heavy atom. The standard InChI is InChI=1S/C26H21N5O4/c1-35-17-6-4-5-15(9-17)10-23(32)29-14-16-11-21(29)24-25(33)31(26(34)30(16)24)22-13-28-20(12-27)18-7-2-3-8-19(18)22/h2-9,13,16,21,24H,10-11,14H2,1H3/t16-,21-,24-/m0/s1. The fourth-order valence-electron chi connectivity index (χ4n) is 5.67. The van der Waals surface area contributed by atoms with Crippen molar-refractivity contribution in [1.82, 2.24) is 14.8 Å². The number of ether oxygens (including phenoxy) is 1. The molecule has 35 heavy (non-hydrogen) atoms. The molecule has 4 amide bonds. The van der Waals surface area contributed by atoms with E-state index >= 15 is 0 Å². The van der Waals surface area contributed by atoms with Crippen molar-refractivity contribution in [3.63, 3.8) is 0 Å². The number of amides is 4. The lowest BCUT2D eigenvalue weighted by Gasteiger charge is -2.35. The van der Waals surface area contributed by atoms with Gasteiger partial charge in [-0.15, -0.1) is 0 Å². The molecule has 3 aromatic rings. The van der Waals surface area contributed by atoms with Gasteiger partial charge in [-0.1, -0.05) is 36.4 Å². The van der Waals surface area contributed by atoms with Crippen molar-refractivity contribution in [2.24, 2.45) is 0 Å². The van der Waals surface area contributed by atoms with Gasteiger partial charge in [0.05, 0.1) is 37.5 Å². The molecule has 3 saturated heterocycles. The fraction of sp³-hybridized carbons (Fsp3) is 0.269. The first-order valence-corrected chi connectivity index (χ1v) is 11.4. The zero-order chi connectivity index (χ0) is 24.3. The molecular formula is C26H21N5O4. The molecule has 2 bridgehead atoms. The number of fused-ring (bicyclic) bond motifs is 6. The number of carbonyl (C=O) groups is 3. The second-order valence-corrected chi connectivity index (χ2v) is 8.99. The van der Waals surface area contributed by atoms with Gasteiger partial charge >= 0.3 is 6.03 Å². The van der Waals surface area contributed by atoms with E-state index in [0.29, 0.717) is 35.2 Å². The summed E-state index contributed by atoms with van der Waals surface area (Å²) >= 11 is 0. The molecule has 3 atom stereocenters. The molecule has 174 valence electrons. The van der Waals surface area contributed by atoms with Gasteiger partial charge in [0.2, 0.25) is 5.91 Å². The summed E-state index contributed by atoms with van der Waals surface area (Å²) in [6, 6.07) is 14.8. The van der Waals surface area contributed by atoms with Crippen LogP contribution in [-0.4, -0.2) is 64.4 Å². The van der Waals surface area contributed by atoms with Crippen molar-refractivity contribution < 1.29 is 19.1 Å². The average Bonchev–Trinajstić information content (AvgIpc) is 3.55. The Balaban J connectivity index is 1.30. The van der Waals surface area contributed by atoms with Crippen molar-refractivity contribution in [3.8, 4) is 11.8 Å². The van der Waals surface area contributed by atoms with Gasteiger partial charge in [0.1, 0.15) is 23.6 Å². The lowest BCUT2D eigenvalue weighted by atomic mass is 10.1. The number of hydrogen-bond acceptors (Lipinski definition) is 6. The molecule has 0 N–H and O–H groups in total. The van der Waals surface area contributed by atoms with Crippen LogP contribution >= 0.6 is 0 Å². The molecule has 3 aliphatic rings. The van der Waals surface area contributed by atoms with Crippen LogP contribution in [0, 0.1) is 11.3 Å². The van der Waals surface area contributed by atoms with Gasteiger partial charge < -0.3 is 14.5 Å². The molecule has 2 aromatic carbocycles. The highest BCUT2D eigenvalue weighted by Gasteiger charge is 2.63. The first-order valence-electron chi connectivity index (χ1n) is 11.4. The van der Waals surface area contributed by atoms with Gasteiger partial charge in [-0.25, -0.2) is 14.7 Å². The van der Waals surface area contributed by atoms with Crippen LogP contribution in [0.4, 0.5) is 10.5 Å². The number of urea groups is 1. The Morgan fingerprint density at radius 3 is 2.74 bits per heavy atom. The molecule has 4 heterocycles. The van der Waals surface area contributed by atoms with E-state index in [1.807, 2.05) is 24.3 Å². The number of imide groups is 1. The summed E-state index contributed by atoms with van der Waals surface area (Å²) in [5.41, 5.74) is 1.43. The predicted octanol–water partition coefficient (Wildman–Crippen LogP) is 2.48. The number of benzene rings is 2. The van der Waals surface area contributed by atoms with E-state index in [4.69, 9.17) is 4.74 Å². The van der Waals surface area contributed by atoms with E-state index in [2.05, 4.69) is 11.1 Å². The predicted molar refractivity (Wildman–Crippen MR) is 126 cm³/mol. The molecule has 0 unspecified atom stereocenters. The third-order valence-corrected chi connectivity index (χ3v) is 7.20. The number of methoxy groups -OCH3 is 1. The number of piperazine rings is 1. The minimum atomic E-state index is -0.718. The number of carbonyl (C=O) groups excluding carboxylic acids is 3. The number of hydrogen-bond donors (Lipinski definition) is 0. The Labute approximate surface area is 201 Å².